The molecule has 1 aliphatic rings. The molecule has 1 rings (SSSR count). The van der Waals surface area contributed by atoms with Crippen LogP contribution < -0.4 is 0 Å². The fourth-order valence-electron chi connectivity index (χ4n) is 1.35. The van der Waals surface area contributed by atoms with Gasteiger partial charge in [0.05, 0.1) is 6.54 Å². The first kappa shape index (κ1) is 11.7. The Morgan fingerprint density at radius 3 is 2.43 bits per heavy atom. The third kappa shape index (κ3) is 2.00. The number of thioether (sulfide) groups is 1. The maximum Gasteiger partial charge on any atom is 0.323 e. The number of carbonyl (C=O) groups excluding carboxylic acids is 2. The molecule has 0 aromatic rings. The van der Waals surface area contributed by atoms with Crippen LogP contribution in [0.4, 0.5) is 0 Å². The van der Waals surface area contributed by atoms with Crippen LogP contribution in [0.1, 0.15) is 6.92 Å². The standard InChI is InChI=1S/C8H14N2O2S2/c1-4-9-5-6(13-2)10(14-3)8(12)7(9)11/h6H,4-5H2,1-3H3. The lowest BCUT2D eigenvalue weighted by molar-refractivity contribution is -0.152. The molecule has 0 aromatic carbocycles. The minimum Gasteiger partial charge on any atom is -0.332 e. The van der Waals surface area contributed by atoms with Crippen LogP contribution in [0.3, 0.4) is 0 Å². The molecule has 1 aliphatic heterocycles. The topological polar surface area (TPSA) is 40.6 Å². The number of carbonyl (C=O) groups is 2. The van der Waals surface area contributed by atoms with Crippen molar-refractivity contribution in [3.05, 3.63) is 0 Å². The molecule has 1 atom stereocenters. The van der Waals surface area contributed by atoms with Gasteiger partial charge in [0.25, 0.3) is 0 Å². The fourth-order valence-corrected chi connectivity index (χ4v) is 3.03. The first-order valence-corrected chi connectivity index (χ1v) is 6.82. The van der Waals surface area contributed by atoms with Gasteiger partial charge in [-0.05, 0) is 25.1 Å². The monoisotopic (exact) mass is 234 g/mol. The summed E-state index contributed by atoms with van der Waals surface area (Å²) in [5.41, 5.74) is 0. The Labute approximate surface area is 92.5 Å². The molecule has 4 nitrogen and oxygen atoms in total. The Balaban J connectivity index is 2.82. The summed E-state index contributed by atoms with van der Waals surface area (Å²) in [5, 5.41) is 0.0788. The van der Waals surface area contributed by atoms with E-state index in [0.29, 0.717) is 13.1 Å². The van der Waals surface area contributed by atoms with Crippen molar-refractivity contribution in [1.29, 1.82) is 0 Å². The molecule has 1 fully saturated rings. The zero-order chi connectivity index (χ0) is 10.7. The molecule has 0 aromatic heterocycles. The normalized spacial score (nSPS) is 23.2. The van der Waals surface area contributed by atoms with Gasteiger partial charge in [-0.3, -0.25) is 13.9 Å². The lowest BCUT2D eigenvalue weighted by atomic mass is 10.3. The Hall–Kier alpha value is -0.360. The predicted molar refractivity (Wildman–Crippen MR) is 59.9 cm³/mol. The molecule has 0 N–H and O–H groups in total. The molecule has 1 saturated heterocycles. The molecule has 0 spiro atoms. The van der Waals surface area contributed by atoms with Crippen molar-refractivity contribution in [2.45, 2.75) is 12.3 Å². The Kier molecular flexibility index (Phi) is 4.12. The van der Waals surface area contributed by atoms with Gasteiger partial charge in [-0.1, -0.05) is 0 Å². The molecule has 14 heavy (non-hydrogen) atoms. The number of amides is 2. The van der Waals surface area contributed by atoms with Crippen molar-refractivity contribution in [3.8, 4) is 0 Å². The first-order valence-electron chi connectivity index (χ1n) is 4.35. The summed E-state index contributed by atoms with van der Waals surface area (Å²) >= 11 is 2.91. The smallest absolute Gasteiger partial charge is 0.323 e. The van der Waals surface area contributed by atoms with E-state index >= 15 is 0 Å². The van der Waals surface area contributed by atoms with E-state index in [4.69, 9.17) is 0 Å². The van der Waals surface area contributed by atoms with Crippen molar-refractivity contribution < 1.29 is 9.59 Å². The Morgan fingerprint density at radius 2 is 2.00 bits per heavy atom. The van der Waals surface area contributed by atoms with Crippen LogP contribution in [0.25, 0.3) is 0 Å². The van der Waals surface area contributed by atoms with Crippen molar-refractivity contribution in [2.75, 3.05) is 25.6 Å². The summed E-state index contributed by atoms with van der Waals surface area (Å²) < 4.78 is 1.55. The lowest BCUT2D eigenvalue weighted by Crippen LogP contribution is -2.55. The van der Waals surface area contributed by atoms with Crippen LogP contribution >= 0.6 is 23.7 Å². The third-order valence-corrected chi connectivity index (χ3v) is 4.01. The summed E-state index contributed by atoms with van der Waals surface area (Å²) in [7, 11) is 0. The van der Waals surface area contributed by atoms with Gasteiger partial charge in [-0.15, -0.1) is 11.8 Å². The maximum atomic E-state index is 11.6. The maximum absolute atomic E-state index is 11.6. The number of hydrogen-bond donors (Lipinski definition) is 0. The number of rotatable bonds is 3. The van der Waals surface area contributed by atoms with Gasteiger partial charge in [0.2, 0.25) is 0 Å². The molecular weight excluding hydrogens is 220 g/mol. The average molecular weight is 234 g/mol. The molecule has 1 unspecified atom stereocenters. The highest BCUT2D eigenvalue weighted by molar-refractivity contribution is 8.01. The Morgan fingerprint density at radius 1 is 1.36 bits per heavy atom. The van der Waals surface area contributed by atoms with Gasteiger partial charge < -0.3 is 4.90 Å². The van der Waals surface area contributed by atoms with Gasteiger partial charge in [0.1, 0.15) is 5.37 Å². The van der Waals surface area contributed by atoms with Crippen molar-refractivity contribution in [1.82, 2.24) is 9.21 Å². The molecule has 0 aliphatic carbocycles. The second kappa shape index (κ2) is 4.93. The highest BCUT2D eigenvalue weighted by Gasteiger charge is 2.37. The minimum absolute atomic E-state index is 0.0788. The second-order valence-corrected chi connectivity index (χ2v) is 4.62. The molecule has 0 saturated carbocycles. The van der Waals surface area contributed by atoms with E-state index < -0.39 is 5.91 Å². The van der Waals surface area contributed by atoms with Gasteiger partial charge in [0, 0.05) is 12.8 Å². The van der Waals surface area contributed by atoms with Gasteiger partial charge in [-0.2, -0.15) is 0 Å². The molecule has 80 valence electrons. The van der Waals surface area contributed by atoms with E-state index in [0.717, 1.165) is 0 Å². The van der Waals surface area contributed by atoms with Gasteiger partial charge in [-0.25, -0.2) is 0 Å². The van der Waals surface area contributed by atoms with E-state index in [1.54, 1.807) is 21.0 Å². The summed E-state index contributed by atoms with van der Waals surface area (Å²) in [5.74, 6) is -0.780. The highest BCUT2D eigenvalue weighted by Crippen LogP contribution is 2.25. The third-order valence-electron chi connectivity index (χ3n) is 2.16. The van der Waals surface area contributed by atoms with E-state index in [2.05, 4.69) is 0 Å². The van der Waals surface area contributed by atoms with Gasteiger partial charge in [0.15, 0.2) is 0 Å². The predicted octanol–water partition coefficient (Wildman–Crippen LogP) is 0.644. The fraction of sp³-hybridized carbons (Fsp3) is 0.750. The summed E-state index contributed by atoms with van der Waals surface area (Å²) in [4.78, 5) is 24.7. The van der Waals surface area contributed by atoms with Crippen LogP contribution in [0.5, 0.6) is 0 Å². The highest BCUT2D eigenvalue weighted by atomic mass is 32.2. The molecular formula is C8H14N2O2S2. The van der Waals surface area contributed by atoms with Crippen LogP contribution in [0, 0.1) is 0 Å². The van der Waals surface area contributed by atoms with E-state index in [9.17, 15) is 9.59 Å². The van der Waals surface area contributed by atoms with Crippen LogP contribution in [0.2, 0.25) is 0 Å². The molecule has 1 heterocycles. The molecule has 2 amide bonds. The number of likely N-dealkylation sites (N-methyl/N-ethyl adjacent to an activating group) is 1. The van der Waals surface area contributed by atoms with Crippen LogP contribution in [-0.2, 0) is 9.59 Å². The lowest BCUT2D eigenvalue weighted by Gasteiger charge is -2.37. The van der Waals surface area contributed by atoms with E-state index in [-0.39, 0.29) is 11.3 Å². The molecule has 0 bridgehead atoms. The average Bonchev–Trinajstić information content (AvgIpc) is 2.21. The van der Waals surface area contributed by atoms with Crippen molar-refractivity contribution >= 4 is 35.5 Å². The quantitative estimate of drug-likeness (QED) is 0.531. The van der Waals surface area contributed by atoms with Crippen molar-refractivity contribution in [2.24, 2.45) is 0 Å². The zero-order valence-corrected chi connectivity index (χ0v) is 10.2. The Bertz CT molecular complexity index is 247. The molecule has 6 heteroatoms. The second-order valence-electron chi connectivity index (χ2n) is 2.85. The summed E-state index contributed by atoms with van der Waals surface area (Å²) in [6.07, 6.45) is 3.76. The van der Waals surface area contributed by atoms with Crippen LogP contribution in [-0.4, -0.2) is 52.0 Å². The van der Waals surface area contributed by atoms with Gasteiger partial charge >= 0.3 is 11.8 Å². The summed E-state index contributed by atoms with van der Waals surface area (Å²) in [6.45, 7) is 3.12. The zero-order valence-electron chi connectivity index (χ0n) is 8.52. The minimum atomic E-state index is -0.398. The van der Waals surface area contributed by atoms with E-state index in [1.807, 2.05) is 19.4 Å². The largest absolute Gasteiger partial charge is 0.332 e. The number of hydrogen-bond acceptors (Lipinski definition) is 4. The summed E-state index contributed by atoms with van der Waals surface area (Å²) in [6, 6.07) is 0. The number of piperazine rings is 1. The van der Waals surface area contributed by atoms with E-state index in [1.165, 1.54) is 11.9 Å². The van der Waals surface area contributed by atoms with Crippen LogP contribution in [0.15, 0.2) is 0 Å². The van der Waals surface area contributed by atoms with Crippen molar-refractivity contribution in [3.63, 3.8) is 0 Å². The number of nitrogens with zero attached hydrogens (tertiary/aromatic N) is 2. The first-order chi connectivity index (χ1) is 6.65. The SMILES string of the molecule is CCN1CC(SC)N(SC)C(=O)C1=O. The molecule has 0 radical (unpaired) electrons.